The number of hydrogen-bond donors (Lipinski definition) is 4. The van der Waals surface area contributed by atoms with Gasteiger partial charge in [0.1, 0.15) is 5.69 Å². The van der Waals surface area contributed by atoms with Crippen molar-refractivity contribution in [2.75, 3.05) is 29.2 Å². The predicted molar refractivity (Wildman–Crippen MR) is 121 cm³/mol. The van der Waals surface area contributed by atoms with Crippen molar-refractivity contribution in [1.82, 2.24) is 9.97 Å². The molecular formula is C21H19N5O5S. The number of hydrogen-bond acceptors (Lipinski definition) is 8. The largest absolute Gasteiger partial charge is 0.465 e. The first-order chi connectivity index (χ1) is 15.4. The maximum atomic E-state index is 12.3. The van der Waals surface area contributed by atoms with Gasteiger partial charge in [-0.15, -0.1) is 0 Å². The average molecular weight is 453 g/mol. The fraction of sp³-hybridized carbons (Fsp3) is 0.0952. The number of benzene rings is 2. The van der Waals surface area contributed by atoms with E-state index in [4.69, 9.17) is 5.73 Å². The van der Waals surface area contributed by atoms with Crippen molar-refractivity contribution >= 4 is 46.7 Å². The highest BCUT2D eigenvalue weighted by atomic mass is 32.2. The van der Waals surface area contributed by atoms with Crippen LogP contribution in [0.15, 0.2) is 64.5 Å². The van der Waals surface area contributed by atoms with Crippen molar-refractivity contribution in [3.63, 3.8) is 0 Å². The Labute approximate surface area is 186 Å². The summed E-state index contributed by atoms with van der Waals surface area (Å²) < 4.78 is 4.62. The second-order valence-electron chi connectivity index (χ2n) is 6.36. The molecule has 2 aromatic carbocycles. The number of aromatic amines is 1. The fourth-order valence-corrected chi connectivity index (χ4v) is 3.24. The van der Waals surface area contributed by atoms with Crippen LogP contribution in [-0.2, 0) is 9.53 Å². The number of anilines is 3. The summed E-state index contributed by atoms with van der Waals surface area (Å²) in [5.74, 6) is -1.56. The molecule has 0 saturated heterocycles. The smallest absolute Gasteiger partial charge is 0.337 e. The number of methoxy groups -OCH3 is 1. The van der Waals surface area contributed by atoms with Gasteiger partial charge in [0.2, 0.25) is 5.91 Å². The highest BCUT2D eigenvalue weighted by Gasteiger charge is 2.15. The first-order valence-electron chi connectivity index (χ1n) is 9.24. The Balaban J connectivity index is 1.59. The number of esters is 1. The molecule has 2 amide bonds. The molecule has 3 rings (SSSR count). The Bertz CT molecular complexity index is 1200. The lowest BCUT2D eigenvalue weighted by atomic mass is 10.2. The van der Waals surface area contributed by atoms with Crippen LogP contribution in [0.2, 0.25) is 0 Å². The number of nitrogen functional groups attached to an aromatic ring is 1. The summed E-state index contributed by atoms with van der Waals surface area (Å²) in [6.45, 7) is 0. The van der Waals surface area contributed by atoms with Gasteiger partial charge in [0, 0.05) is 11.3 Å². The molecule has 1 heterocycles. The van der Waals surface area contributed by atoms with Crippen LogP contribution in [0, 0.1) is 0 Å². The summed E-state index contributed by atoms with van der Waals surface area (Å²) in [5.41, 5.74) is 6.24. The first-order valence-corrected chi connectivity index (χ1v) is 10.2. The number of nitrogens with zero attached hydrogens (tertiary/aromatic N) is 1. The molecule has 0 fully saturated rings. The summed E-state index contributed by atoms with van der Waals surface area (Å²) in [6, 6.07) is 14.5. The molecule has 0 atom stereocenters. The van der Waals surface area contributed by atoms with Gasteiger partial charge >= 0.3 is 5.97 Å². The van der Waals surface area contributed by atoms with Gasteiger partial charge in [-0.2, -0.15) is 0 Å². The molecule has 0 aliphatic carbocycles. The first kappa shape index (κ1) is 22.6. The zero-order chi connectivity index (χ0) is 23.1. The zero-order valence-corrected chi connectivity index (χ0v) is 17.7. The minimum absolute atomic E-state index is 0.0587. The van der Waals surface area contributed by atoms with Crippen molar-refractivity contribution in [1.29, 1.82) is 0 Å². The third kappa shape index (κ3) is 5.73. The fourth-order valence-electron chi connectivity index (χ4n) is 2.57. The van der Waals surface area contributed by atoms with E-state index in [9.17, 15) is 19.2 Å². The van der Waals surface area contributed by atoms with E-state index in [1.54, 1.807) is 42.5 Å². The lowest BCUT2D eigenvalue weighted by Crippen LogP contribution is -2.23. The summed E-state index contributed by atoms with van der Waals surface area (Å²) in [4.78, 5) is 54.7. The van der Waals surface area contributed by atoms with Gasteiger partial charge in [-0.1, -0.05) is 30.0 Å². The quantitative estimate of drug-likeness (QED) is 0.241. The number of nitrogens with one attached hydrogen (secondary N) is 3. The number of nitrogens with two attached hydrogens (primary N) is 1. The van der Waals surface area contributed by atoms with Crippen molar-refractivity contribution in [2.24, 2.45) is 0 Å². The third-order valence-corrected chi connectivity index (χ3v) is 5.00. The molecule has 32 heavy (non-hydrogen) atoms. The van der Waals surface area contributed by atoms with Crippen LogP contribution in [0.3, 0.4) is 0 Å². The van der Waals surface area contributed by atoms with E-state index >= 15 is 0 Å². The molecule has 1 aromatic heterocycles. The number of rotatable bonds is 7. The van der Waals surface area contributed by atoms with E-state index in [1.807, 2.05) is 0 Å². The Morgan fingerprint density at radius 3 is 2.34 bits per heavy atom. The number of carbonyl (C=O) groups is 3. The van der Waals surface area contributed by atoms with Gasteiger partial charge in [0.05, 0.1) is 18.4 Å². The molecular weight excluding hydrogens is 434 g/mol. The van der Waals surface area contributed by atoms with Crippen LogP contribution in [0.1, 0.15) is 20.7 Å². The molecule has 5 N–H and O–H groups in total. The van der Waals surface area contributed by atoms with Gasteiger partial charge in [-0.3, -0.25) is 19.4 Å². The van der Waals surface area contributed by atoms with Crippen LogP contribution < -0.4 is 21.9 Å². The average Bonchev–Trinajstić information content (AvgIpc) is 2.80. The predicted octanol–water partition coefficient (Wildman–Crippen LogP) is 2.12. The summed E-state index contributed by atoms with van der Waals surface area (Å²) >= 11 is 0.966. The second kappa shape index (κ2) is 10.3. The highest BCUT2D eigenvalue weighted by Crippen LogP contribution is 2.18. The summed E-state index contributed by atoms with van der Waals surface area (Å²) in [6.07, 6.45) is 0. The Morgan fingerprint density at radius 1 is 1.03 bits per heavy atom. The molecule has 3 aromatic rings. The van der Waals surface area contributed by atoms with Crippen molar-refractivity contribution < 1.29 is 19.1 Å². The van der Waals surface area contributed by atoms with Crippen LogP contribution in [0.4, 0.5) is 17.2 Å². The molecule has 11 heteroatoms. The van der Waals surface area contributed by atoms with Crippen LogP contribution in [0.25, 0.3) is 0 Å². The van der Waals surface area contributed by atoms with E-state index < -0.39 is 17.4 Å². The number of aromatic nitrogens is 2. The van der Waals surface area contributed by atoms with Gasteiger partial charge in [-0.25, -0.2) is 9.78 Å². The monoisotopic (exact) mass is 453 g/mol. The maximum absolute atomic E-state index is 12.3. The van der Waals surface area contributed by atoms with Gasteiger partial charge in [0.25, 0.3) is 11.5 Å². The van der Waals surface area contributed by atoms with Crippen molar-refractivity contribution in [3.05, 3.63) is 76.1 Å². The van der Waals surface area contributed by atoms with E-state index in [2.05, 4.69) is 25.3 Å². The number of thioether (sulfide) groups is 1. The minimum Gasteiger partial charge on any atom is -0.465 e. The molecule has 0 bridgehead atoms. The summed E-state index contributed by atoms with van der Waals surface area (Å²) in [5, 5.41) is 5.23. The SMILES string of the molecule is COC(=O)c1ccc(NC(=O)CSc2nc(N)c(NC(=O)c3ccccc3)c(=O)[nH]2)cc1. The molecule has 0 spiro atoms. The number of amides is 2. The lowest BCUT2D eigenvalue weighted by molar-refractivity contribution is -0.113. The Hall–Kier alpha value is -4.12. The molecule has 0 saturated carbocycles. The topological polar surface area (TPSA) is 156 Å². The highest BCUT2D eigenvalue weighted by molar-refractivity contribution is 7.99. The Kier molecular flexibility index (Phi) is 7.24. The van der Waals surface area contributed by atoms with Crippen molar-refractivity contribution in [2.45, 2.75) is 5.16 Å². The number of ether oxygens (including phenoxy) is 1. The van der Waals surface area contributed by atoms with E-state index in [0.29, 0.717) is 16.8 Å². The van der Waals surface area contributed by atoms with Gasteiger partial charge < -0.3 is 21.1 Å². The summed E-state index contributed by atoms with van der Waals surface area (Å²) in [7, 11) is 1.28. The third-order valence-electron chi connectivity index (χ3n) is 4.13. The standard InChI is InChI=1S/C21H19N5O5S/c1-31-20(30)13-7-9-14(10-8-13)23-15(27)11-32-21-25-17(22)16(19(29)26-21)24-18(28)12-5-3-2-4-6-12/h2-10H,11H2,1H3,(H,23,27)(H,24,28)(H3,22,25,26,29). The van der Waals surface area contributed by atoms with E-state index in [1.165, 1.54) is 19.2 Å². The lowest BCUT2D eigenvalue weighted by Gasteiger charge is -2.09. The Morgan fingerprint density at radius 2 is 1.72 bits per heavy atom. The van der Waals surface area contributed by atoms with Crippen LogP contribution in [0.5, 0.6) is 0 Å². The van der Waals surface area contributed by atoms with Crippen molar-refractivity contribution in [3.8, 4) is 0 Å². The molecule has 0 unspecified atom stereocenters. The number of H-pyrrole nitrogens is 1. The molecule has 10 nitrogen and oxygen atoms in total. The van der Waals surface area contributed by atoms with E-state index in [-0.39, 0.29) is 28.3 Å². The normalized spacial score (nSPS) is 10.3. The zero-order valence-electron chi connectivity index (χ0n) is 16.9. The van der Waals surface area contributed by atoms with Gasteiger partial charge in [-0.05, 0) is 36.4 Å². The maximum Gasteiger partial charge on any atom is 0.337 e. The second-order valence-corrected chi connectivity index (χ2v) is 7.32. The van der Waals surface area contributed by atoms with Crippen LogP contribution >= 0.6 is 11.8 Å². The molecule has 0 aliphatic rings. The molecule has 0 aliphatic heterocycles. The minimum atomic E-state index is -0.636. The van der Waals surface area contributed by atoms with E-state index in [0.717, 1.165) is 11.8 Å². The van der Waals surface area contributed by atoms with Crippen LogP contribution in [-0.4, -0.2) is 40.6 Å². The molecule has 0 radical (unpaired) electrons. The molecule has 164 valence electrons. The van der Waals surface area contributed by atoms with Gasteiger partial charge in [0.15, 0.2) is 11.0 Å². The number of carbonyl (C=O) groups excluding carboxylic acids is 3.